The largest absolute Gasteiger partial charge is 0.497 e. The quantitative estimate of drug-likeness (QED) is 0.754. The Morgan fingerprint density at radius 3 is 2.88 bits per heavy atom. The van der Waals surface area contributed by atoms with Gasteiger partial charge in [-0.2, -0.15) is 0 Å². The van der Waals surface area contributed by atoms with Crippen molar-refractivity contribution in [2.24, 2.45) is 0 Å². The van der Waals surface area contributed by atoms with Gasteiger partial charge >= 0.3 is 0 Å². The summed E-state index contributed by atoms with van der Waals surface area (Å²) in [6.45, 7) is 3.25. The molecule has 132 valence electrons. The molecule has 1 fully saturated rings. The Bertz CT molecular complexity index is 578. The molecule has 0 bridgehead atoms. The number of methoxy groups -OCH3 is 1. The zero-order chi connectivity index (χ0) is 17.5. The second-order valence-electron chi connectivity index (χ2n) is 5.60. The molecule has 7 heteroatoms. The summed E-state index contributed by atoms with van der Waals surface area (Å²) in [5.41, 5.74) is 0.481. The first kappa shape index (κ1) is 18.2. The third kappa shape index (κ3) is 4.69. The van der Waals surface area contributed by atoms with Gasteiger partial charge in [-0.25, -0.2) is 0 Å². The van der Waals surface area contributed by atoms with E-state index in [1.54, 1.807) is 29.2 Å². The Morgan fingerprint density at radius 1 is 1.38 bits per heavy atom. The molecule has 0 saturated carbocycles. The van der Waals surface area contributed by atoms with Crippen molar-refractivity contribution in [2.45, 2.75) is 25.6 Å². The molecule has 24 heavy (non-hydrogen) atoms. The average molecular weight is 336 g/mol. The van der Waals surface area contributed by atoms with Gasteiger partial charge in [0.1, 0.15) is 11.9 Å². The fourth-order valence-electron chi connectivity index (χ4n) is 2.65. The van der Waals surface area contributed by atoms with Crippen LogP contribution in [0.5, 0.6) is 5.75 Å². The number of nitrogens with zero attached hydrogens (tertiary/aromatic N) is 1. The molecular weight excluding hydrogens is 312 g/mol. The molecule has 1 aliphatic heterocycles. The molecule has 1 saturated heterocycles. The van der Waals surface area contributed by atoms with Gasteiger partial charge in [-0.3, -0.25) is 9.59 Å². The van der Waals surface area contributed by atoms with Crippen molar-refractivity contribution < 1.29 is 24.2 Å². The molecule has 2 N–H and O–H groups in total. The third-order valence-electron chi connectivity index (χ3n) is 3.93. The molecule has 1 aromatic carbocycles. The standard InChI is InChI=1S/C17H24N2O5/c1-3-24-15-11-19(10-14(15)20)16(21)7-8-18-17(22)12-5-4-6-13(9-12)23-2/h4-6,9,14-15,20H,3,7-8,10-11H2,1-2H3,(H,18,22)/t14-,15-/m0/s1. The van der Waals surface area contributed by atoms with E-state index in [0.717, 1.165) is 0 Å². The van der Waals surface area contributed by atoms with Gasteiger partial charge < -0.3 is 24.8 Å². The first-order valence-corrected chi connectivity index (χ1v) is 8.04. The highest BCUT2D eigenvalue weighted by molar-refractivity contribution is 5.94. The van der Waals surface area contributed by atoms with Gasteiger partial charge in [0, 0.05) is 38.2 Å². The van der Waals surface area contributed by atoms with Crippen molar-refractivity contribution >= 4 is 11.8 Å². The van der Waals surface area contributed by atoms with E-state index in [1.807, 2.05) is 6.92 Å². The van der Waals surface area contributed by atoms with Gasteiger partial charge in [-0.05, 0) is 25.1 Å². The monoisotopic (exact) mass is 336 g/mol. The van der Waals surface area contributed by atoms with Gasteiger partial charge in [-0.15, -0.1) is 0 Å². The first-order valence-electron chi connectivity index (χ1n) is 8.04. The fraction of sp³-hybridized carbons (Fsp3) is 0.529. The van der Waals surface area contributed by atoms with Gasteiger partial charge in [0.2, 0.25) is 5.91 Å². The molecule has 1 aromatic rings. The third-order valence-corrected chi connectivity index (χ3v) is 3.93. The number of rotatable bonds is 7. The SMILES string of the molecule is CCO[C@H]1CN(C(=O)CCNC(=O)c2cccc(OC)c2)C[C@@H]1O. The highest BCUT2D eigenvalue weighted by Gasteiger charge is 2.34. The summed E-state index contributed by atoms with van der Waals surface area (Å²) in [5, 5.41) is 12.6. The highest BCUT2D eigenvalue weighted by Crippen LogP contribution is 2.15. The van der Waals surface area contributed by atoms with E-state index in [2.05, 4.69) is 5.32 Å². The summed E-state index contributed by atoms with van der Waals surface area (Å²) in [4.78, 5) is 25.8. The molecule has 0 spiro atoms. The van der Waals surface area contributed by atoms with Crippen LogP contribution >= 0.6 is 0 Å². The van der Waals surface area contributed by atoms with Gasteiger partial charge in [0.25, 0.3) is 5.91 Å². The van der Waals surface area contributed by atoms with Crippen molar-refractivity contribution in [3.8, 4) is 5.75 Å². The zero-order valence-electron chi connectivity index (χ0n) is 14.0. The predicted octanol–water partition coefficient (Wildman–Crippen LogP) is 0.423. The van der Waals surface area contributed by atoms with Gasteiger partial charge in [0.15, 0.2) is 0 Å². The van der Waals surface area contributed by atoms with E-state index in [9.17, 15) is 14.7 Å². The lowest BCUT2D eigenvalue weighted by Crippen LogP contribution is -2.34. The van der Waals surface area contributed by atoms with Crippen LogP contribution in [-0.2, 0) is 9.53 Å². The summed E-state index contributed by atoms with van der Waals surface area (Å²) in [6, 6.07) is 6.82. The van der Waals surface area contributed by atoms with Gasteiger partial charge in [0.05, 0.1) is 13.2 Å². The topological polar surface area (TPSA) is 88.1 Å². The van der Waals surface area contributed by atoms with Crippen molar-refractivity contribution in [3.05, 3.63) is 29.8 Å². The fourth-order valence-corrected chi connectivity index (χ4v) is 2.65. The van der Waals surface area contributed by atoms with Crippen LogP contribution in [0.1, 0.15) is 23.7 Å². The lowest BCUT2D eigenvalue weighted by Gasteiger charge is -2.16. The van der Waals surface area contributed by atoms with E-state index in [-0.39, 0.29) is 37.4 Å². The number of aliphatic hydroxyl groups is 1. The molecule has 2 atom stereocenters. The summed E-state index contributed by atoms with van der Waals surface area (Å²) in [7, 11) is 1.54. The van der Waals surface area contributed by atoms with E-state index >= 15 is 0 Å². The second-order valence-corrected chi connectivity index (χ2v) is 5.60. The number of aliphatic hydroxyl groups excluding tert-OH is 1. The van der Waals surface area contributed by atoms with Crippen LogP contribution in [0.3, 0.4) is 0 Å². The number of nitrogens with one attached hydrogen (secondary N) is 1. The minimum absolute atomic E-state index is 0.109. The predicted molar refractivity (Wildman–Crippen MR) is 87.9 cm³/mol. The van der Waals surface area contributed by atoms with Crippen LogP contribution in [0.2, 0.25) is 0 Å². The number of ether oxygens (including phenoxy) is 2. The maximum atomic E-state index is 12.1. The van der Waals surface area contributed by atoms with Crippen molar-refractivity contribution in [2.75, 3.05) is 33.4 Å². The van der Waals surface area contributed by atoms with Crippen LogP contribution in [0.15, 0.2) is 24.3 Å². The summed E-state index contributed by atoms with van der Waals surface area (Å²) < 4.78 is 10.5. The zero-order valence-corrected chi connectivity index (χ0v) is 14.0. The molecule has 1 aliphatic rings. The molecular formula is C17H24N2O5. The normalized spacial score (nSPS) is 20.0. The summed E-state index contributed by atoms with van der Waals surface area (Å²) >= 11 is 0. The number of benzene rings is 1. The number of hydrogen-bond donors (Lipinski definition) is 2. The molecule has 0 aliphatic carbocycles. The van der Waals surface area contributed by atoms with Crippen LogP contribution < -0.4 is 10.1 Å². The van der Waals surface area contributed by atoms with Crippen LogP contribution in [0.4, 0.5) is 0 Å². The lowest BCUT2D eigenvalue weighted by atomic mass is 10.2. The second kappa shape index (κ2) is 8.65. The number of amides is 2. The van der Waals surface area contributed by atoms with Crippen molar-refractivity contribution in [1.29, 1.82) is 0 Å². The van der Waals surface area contributed by atoms with Crippen LogP contribution in [0.25, 0.3) is 0 Å². The molecule has 7 nitrogen and oxygen atoms in total. The number of hydrogen-bond acceptors (Lipinski definition) is 5. The number of likely N-dealkylation sites (tertiary alicyclic amines) is 1. The van der Waals surface area contributed by atoms with E-state index in [1.165, 1.54) is 7.11 Å². The smallest absolute Gasteiger partial charge is 0.251 e. The van der Waals surface area contributed by atoms with Gasteiger partial charge in [-0.1, -0.05) is 6.07 Å². The Hall–Kier alpha value is -2.12. The lowest BCUT2D eigenvalue weighted by molar-refractivity contribution is -0.130. The molecule has 1 heterocycles. The Kier molecular flexibility index (Phi) is 6.57. The Balaban J connectivity index is 1.77. The molecule has 0 aromatic heterocycles. The first-order chi connectivity index (χ1) is 11.5. The van der Waals surface area contributed by atoms with E-state index < -0.39 is 6.10 Å². The molecule has 0 unspecified atom stereocenters. The maximum absolute atomic E-state index is 12.1. The van der Waals surface area contributed by atoms with Crippen molar-refractivity contribution in [3.63, 3.8) is 0 Å². The van der Waals surface area contributed by atoms with E-state index in [4.69, 9.17) is 9.47 Å². The van der Waals surface area contributed by atoms with Crippen LogP contribution in [0, 0.1) is 0 Å². The average Bonchev–Trinajstić information content (AvgIpc) is 2.96. The number of carbonyl (C=O) groups excluding carboxylic acids is 2. The highest BCUT2D eigenvalue weighted by atomic mass is 16.5. The Morgan fingerprint density at radius 2 is 2.17 bits per heavy atom. The number of β-amino-alcohol motifs (C(OH)–C–C–N with tert-alkyl or cyclic N) is 1. The maximum Gasteiger partial charge on any atom is 0.251 e. The van der Waals surface area contributed by atoms with E-state index in [0.29, 0.717) is 24.5 Å². The number of carbonyl (C=O) groups is 2. The summed E-state index contributed by atoms with van der Waals surface area (Å²) in [6.07, 6.45) is -0.799. The Labute approximate surface area is 141 Å². The molecule has 0 radical (unpaired) electrons. The summed E-state index contributed by atoms with van der Waals surface area (Å²) in [5.74, 6) is 0.240. The molecule has 2 rings (SSSR count). The minimum Gasteiger partial charge on any atom is -0.497 e. The van der Waals surface area contributed by atoms with Crippen LogP contribution in [-0.4, -0.2) is 67.4 Å². The van der Waals surface area contributed by atoms with Crippen molar-refractivity contribution in [1.82, 2.24) is 10.2 Å². The minimum atomic E-state index is -0.653. The molecule has 2 amide bonds.